The molecular weight excluding hydrogens is 470 g/mol. The van der Waals surface area contributed by atoms with Gasteiger partial charge >= 0.3 is 0 Å². The Morgan fingerprint density at radius 2 is 1.78 bits per heavy atom. The third-order valence-corrected chi connectivity index (χ3v) is 7.55. The van der Waals surface area contributed by atoms with Gasteiger partial charge in [-0.05, 0) is 84.9 Å². The van der Waals surface area contributed by atoms with Crippen molar-refractivity contribution in [2.24, 2.45) is 17.8 Å². The smallest absolute Gasteiger partial charge is 0.167 e. The second kappa shape index (κ2) is 12.5. The first-order valence-corrected chi connectivity index (χ1v) is 13.0. The highest BCUT2D eigenvalue weighted by Crippen LogP contribution is 2.43. The summed E-state index contributed by atoms with van der Waals surface area (Å²) in [5.74, 6) is -1.92. The Morgan fingerprint density at radius 1 is 1.11 bits per heavy atom. The van der Waals surface area contributed by atoms with E-state index in [1.807, 2.05) is 56.3 Å². The van der Waals surface area contributed by atoms with Gasteiger partial charge in [-0.15, -0.1) is 0 Å². The minimum Gasteiger partial charge on any atom is -0.507 e. The van der Waals surface area contributed by atoms with Crippen molar-refractivity contribution in [1.29, 1.82) is 0 Å². The van der Waals surface area contributed by atoms with Gasteiger partial charge in [0.15, 0.2) is 5.78 Å². The van der Waals surface area contributed by atoms with Crippen molar-refractivity contribution in [2.75, 3.05) is 32.2 Å². The summed E-state index contributed by atoms with van der Waals surface area (Å²) in [4.78, 5) is 39.6. The second-order valence-electron chi connectivity index (χ2n) is 10.4. The van der Waals surface area contributed by atoms with Crippen molar-refractivity contribution in [2.45, 2.75) is 52.4 Å². The average Bonchev–Trinajstić information content (AvgIpc) is 2.84. The molecule has 3 rings (SSSR count). The molecule has 200 valence electrons. The topological polar surface area (TPSA) is 115 Å². The number of benzene rings is 2. The van der Waals surface area contributed by atoms with Crippen molar-refractivity contribution < 1.29 is 29.7 Å². The molecule has 2 aromatic carbocycles. The zero-order chi connectivity index (χ0) is 27.3. The van der Waals surface area contributed by atoms with E-state index in [9.17, 15) is 29.7 Å². The van der Waals surface area contributed by atoms with Crippen molar-refractivity contribution in [3.8, 4) is 16.9 Å². The predicted molar refractivity (Wildman–Crippen MR) is 144 cm³/mol. The summed E-state index contributed by atoms with van der Waals surface area (Å²) >= 11 is 0. The lowest BCUT2D eigenvalue weighted by Gasteiger charge is -2.32. The number of nitrogens with zero attached hydrogens (tertiary/aromatic N) is 1. The maximum atomic E-state index is 13.4. The molecule has 7 nitrogen and oxygen atoms in total. The summed E-state index contributed by atoms with van der Waals surface area (Å²) in [6.45, 7) is 2.73. The highest BCUT2D eigenvalue weighted by Gasteiger charge is 2.35. The number of aryl methyl sites for hydroxylation is 1. The summed E-state index contributed by atoms with van der Waals surface area (Å²) in [6, 6.07) is 10.0. The van der Waals surface area contributed by atoms with Crippen LogP contribution in [-0.2, 0) is 22.4 Å². The number of hydrogen-bond donors (Lipinski definition) is 3. The maximum Gasteiger partial charge on any atom is 0.167 e. The molecule has 0 aliphatic heterocycles. The number of aliphatic hydroxyl groups is 2. The quantitative estimate of drug-likeness (QED) is 0.371. The van der Waals surface area contributed by atoms with E-state index in [0.29, 0.717) is 31.2 Å². The molecule has 3 atom stereocenters. The second-order valence-corrected chi connectivity index (χ2v) is 10.4. The number of ketones is 3. The van der Waals surface area contributed by atoms with Crippen LogP contribution in [0.1, 0.15) is 61.0 Å². The van der Waals surface area contributed by atoms with Crippen LogP contribution in [0.4, 0.5) is 5.69 Å². The monoisotopic (exact) mass is 509 g/mol. The van der Waals surface area contributed by atoms with Gasteiger partial charge in [-0.1, -0.05) is 19.1 Å². The largest absolute Gasteiger partial charge is 0.507 e. The molecule has 7 heteroatoms. The molecule has 0 amide bonds. The van der Waals surface area contributed by atoms with Crippen LogP contribution >= 0.6 is 0 Å². The van der Waals surface area contributed by atoms with Crippen LogP contribution in [0.3, 0.4) is 0 Å². The van der Waals surface area contributed by atoms with Crippen LogP contribution in [0, 0.1) is 17.8 Å². The average molecular weight is 510 g/mol. The van der Waals surface area contributed by atoms with Gasteiger partial charge in [-0.25, -0.2) is 0 Å². The van der Waals surface area contributed by atoms with Gasteiger partial charge in [0, 0.05) is 38.7 Å². The highest BCUT2D eigenvalue weighted by atomic mass is 16.3. The van der Waals surface area contributed by atoms with Crippen molar-refractivity contribution in [1.82, 2.24) is 0 Å². The predicted octanol–water partition coefficient (Wildman–Crippen LogP) is 3.98. The Bertz CT molecular complexity index is 1140. The van der Waals surface area contributed by atoms with Gasteiger partial charge in [0.2, 0.25) is 0 Å². The molecule has 0 spiro atoms. The molecular formula is C30H39NO6. The van der Waals surface area contributed by atoms with E-state index >= 15 is 0 Å². The number of fused-ring (bicyclic) bond motifs is 1. The SMILES string of the molecule is CCc1cc(-c2ccc(N(C)C)cc2)c2c(c1O)C(=O)CC(CC(CCO)C(CO)C(=O)CC(C)=O)C2. The number of hydrogen-bond acceptors (Lipinski definition) is 7. The molecule has 0 radical (unpaired) electrons. The number of Topliss-reactive ketones (excluding diaryl/α,β-unsaturated/α-hetero) is 3. The third-order valence-electron chi connectivity index (χ3n) is 7.55. The van der Waals surface area contributed by atoms with Crippen LogP contribution in [0.5, 0.6) is 5.75 Å². The number of aliphatic hydroxyl groups excluding tert-OH is 2. The number of phenols is 1. The summed E-state index contributed by atoms with van der Waals surface area (Å²) in [7, 11) is 3.94. The molecule has 3 unspecified atom stereocenters. The van der Waals surface area contributed by atoms with Crippen LogP contribution < -0.4 is 4.90 Å². The highest BCUT2D eigenvalue weighted by molar-refractivity contribution is 6.03. The normalized spacial score (nSPS) is 16.7. The first-order chi connectivity index (χ1) is 17.6. The van der Waals surface area contributed by atoms with E-state index in [-0.39, 0.29) is 54.4 Å². The lowest BCUT2D eigenvalue weighted by Crippen LogP contribution is -2.32. The van der Waals surface area contributed by atoms with E-state index in [2.05, 4.69) is 0 Å². The fraction of sp³-hybridized carbons (Fsp3) is 0.500. The van der Waals surface area contributed by atoms with Crippen LogP contribution in [0.2, 0.25) is 0 Å². The molecule has 2 aromatic rings. The number of carbonyl (C=O) groups excluding carboxylic acids is 3. The Morgan fingerprint density at radius 3 is 2.32 bits per heavy atom. The molecule has 0 saturated heterocycles. The molecule has 3 N–H and O–H groups in total. The molecule has 37 heavy (non-hydrogen) atoms. The Kier molecular flexibility index (Phi) is 9.62. The molecule has 0 saturated carbocycles. The fourth-order valence-electron chi connectivity index (χ4n) is 5.61. The van der Waals surface area contributed by atoms with E-state index in [1.165, 1.54) is 6.92 Å². The standard InChI is InChI=1S/C30H39NO6/c1-5-20-16-24(21-6-8-23(9-7-21)31(3)4)25-14-19(15-28(36)29(25)30(20)37)13-22(10-11-32)26(17-33)27(35)12-18(2)34/h6-9,16,19,22,26,32-33,37H,5,10-15,17H2,1-4H3. The van der Waals surface area contributed by atoms with E-state index in [1.54, 1.807) is 0 Å². The number of aromatic hydroxyl groups is 1. The van der Waals surface area contributed by atoms with Crippen LogP contribution in [0.25, 0.3) is 11.1 Å². The van der Waals surface area contributed by atoms with Crippen LogP contribution in [0.15, 0.2) is 30.3 Å². The first kappa shape index (κ1) is 28.5. The third kappa shape index (κ3) is 6.46. The Balaban J connectivity index is 2.00. The minimum absolute atomic E-state index is 0.0476. The zero-order valence-corrected chi connectivity index (χ0v) is 22.3. The minimum atomic E-state index is -0.763. The van der Waals surface area contributed by atoms with Gasteiger partial charge < -0.3 is 20.2 Å². The van der Waals surface area contributed by atoms with Crippen molar-refractivity contribution in [3.05, 3.63) is 47.0 Å². The van der Waals surface area contributed by atoms with E-state index < -0.39 is 12.5 Å². The van der Waals surface area contributed by atoms with Crippen molar-refractivity contribution in [3.63, 3.8) is 0 Å². The summed E-state index contributed by atoms with van der Waals surface area (Å²) in [6.07, 6.45) is 1.84. The number of rotatable bonds is 12. The lowest BCUT2D eigenvalue weighted by atomic mass is 9.72. The summed E-state index contributed by atoms with van der Waals surface area (Å²) in [5.41, 5.74) is 4.84. The molecule has 0 fully saturated rings. The van der Waals surface area contributed by atoms with Gasteiger partial charge in [0.25, 0.3) is 0 Å². The Hall–Kier alpha value is -3.03. The van der Waals surface area contributed by atoms with E-state index in [4.69, 9.17) is 0 Å². The van der Waals surface area contributed by atoms with Gasteiger partial charge in [0.1, 0.15) is 17.3 Å². The molecule has 0 heterocycles. The summed E-state index contributed by atoms with van der Waals surface area (Å²) in [5, 5.41) is 30.6. The fourth-order valence-corrected chi connectivity index (χ4v) is 5.61. The lowest BCUT2D eigenvalue weighted by molar-refractivity contribution is -0.131. The van der Waals surface area contributed by atoms with Gasteiger partial charge in [-0.2, -0.15) is 0 Å². The first-order valence-electron chi connectivity index (χ1n) is 13.0. The zero-order valence-electron chi connectivity index (χ0n) is 22.3. The number of carbonyl (C=O) groups is 3. The molecule has 0 bridgehead atoms. The number of anilines is 1. The maximum absolute atomic E-state index is 13.4. The molecule has 0 aromatic heterocycles. The Labute approximate surface area is 219 Å². The number of phenolic OH excluding ortho intramolecular Hbond substituents is 1. The van der Waals surface area contributed by atoms with E-state index in [0.717, 1.165) is 27.9 Å². The van der Waals surface area contributed by atoms with Gasteiger partial charge in [-0.3, -0.25) is 14.4 Å². The molecule has 1 aliphatic rings. The molecule has 1 aliphatic carbocycles. The van der Waals surface area contributed by atoms with Crippen LogP contribution in [-0.4, -0.2) is 60.0 Å². The van der Waals surface area contributed by atoms with Gasteiger partial charge in [0.05, 0.1) is 18.6 Å². The summed E-state index contributed by atoms with van der Waals surface area (Å²) < 4.78 is 0. The van der Waals surface area contributed by atoms with Crippen molar-refractivity contribution >= 4 is 23.0 Å².